The van der Waals surface area contributed by atoms with Crippen LogP contribution in [0.3, 0.4) is 0 Å². The lowest BCUT2D eigenvalue weighted by atomic mass is 10.0. The van der Waals surface area contributed by atoms with Gasteiger partial charge < -0.3 is 9.72 Å². The Hall–Kier alpha value is -3.19. The van der Waals surface area contributed by atoms with Gasteiger partial charge in [-0.15, -0.1) is 0 Å². The number of carbonyl (C=O) groups excluding carboxylic acids is 1. The van der Waals surface area contributed by atoms with Gasteiger partial charge in [-0.05, 0) is 18.6 Å². The molecule has 1 N–H and O–H groups in total. The van der Waals surface area contributed by atoms with Crippen molar-refractivity contribution < 1.29 is 9.53 Å². The number of hydrogen-bond acceptors (Lipinski definition) is 5. The van der Waals surface area contributed by atoms with Crippen LogP contribution in [-0.4, -0.2) is 43.6 Å². The number of carbonyl (C=O) groups is 1. The fourth-order valence-corrected chi connectivity index (χ4v) is 3.96. The van der Waals surface area contributed by atoms with Crippen molar-refractivity contribution in [1.82, 2.24) is 24.5 Å². The highest BCUT2D eigenvalue weighted by Crippen LogP contribution is 2.28. The molecule has 0 bridgehead atoms. The Morgan fingerprint density at radius 1 is 1.29 bits per heavy atom. The number of para-hydroxylation sites is 1. The first-order chi connectivity index (χ1) is 13.7. The Balaban J connectivity index is 1.38. The van der Waals surface area contributed by atoms with Crippen LogP contribution in [0.4, 0.5) is 0 Å². The first-order valence-corrected chi connectivity index (χ1v) is 9.53. The second kappa shape index (κ2) is 6.76. The molecule has 0 saturated carbocycles. The molecule has 3 aromatic heterocycles. The second-order valence-electron chi connectivity index (χ2n) is 7.10. The van der Waals surface area contributed by atoms with Crippen molar-refractivity contribution in [2.75, 3.05) is 13.2 Å². The number of nitrogens with one attached hydrogen (secondary N) is 1. The van der Waals surface area contributed by atoms with Crippen LogP contribution in [0.25, 0.3) is 16.6 Å². The summed E-state index contributed by atoms with van der Waals surface area (Å²) >= 11 is 0. The van der Waals surface area contributed by atoms with E-state index in [1.165, 1.54) is 28.4 Å². The van der Waals surface area contributed by atoms with Crippen molar-refractivity contribution >= 4 is 22.5 Å². The van der Waals surface area contributed by atoms with E-state index in [1.807, 2.05) is 12.4 Å². The summed E-state index contributed by atoms with van der Waals surface area (Å²) in [5.74, 6) is -0.388. The summed E-state index contributed by atoms with van der Waals surface area (Å²) in [6, 6.07) is 8.47. The van der Waals surface area contributed by atoms with Gasteiger partial charge in [-0.25, -0.2) is 14.3 Å². The van der Waals surface area contributed by atoms with E-state index in [-0.39, 0.29) is 5.97 Å². The van der Waals surface area contributed by atoms with Gasteiger partial charge in [-0.2, -0.15) is 5.10 Å². The molecule has 1 aliphatic rings. The highest BCUT2D eigenvalue weighted by atomic mass is 16.5. The minimum absolute atomic E-state index is 0.332. The second-order valence-corrected chi connectivity index (χ2v) is 7.10. The van der Waals surface area contributed by atoms with Gasteiger partial charge in [0.15, 0.2) is 5.65 Å². The monoisotopic (exact) mass is 375 g/mol. The number of aromatic nitrogens is 4. The van der Waals surface area contributed by atoms with Crippen LogP contribution in [0, 0.1) is 0 Å². The SMILES string of the molecule is CCOC(=O)c1cnn2cc(CN3CCc4[nH]c5ccccc5c4C3)cnc12. The number of nitrogens with zero attached hydrogens (tertiary/aromatic N) is 4. The topological polar surface area (TPSA) is 75.5 Å². The molecule has 0 aliphatic carbocycles. The van der Waals surface area contributed by atoms with E-state index in [0.29, 0.717) is 17.8 Å². The first kappa shape index (κ1) is 16.9. The minimum atomic E-state index is -0.388. The molecule has 0 spiro atoms. The summed E-state index contributed by atoms with van der Waals surface area (Å²) in [7, 11) is 0. The highest BCUT2D eigenvalue weighted by Gasteiger charge is 2.21. The molecule has 7 nitrogen and oxygen atoms in total. The predicted octanol–water partition coefficient (Wildman–Crippen LogP) is 2.95. The van der Waals surface area contributed by atoms with E-state index in [9.17, 15) is 4.79 Å². The molecule has 0 saturated heterocycles. The van der Waals surface area contributed by atoms with Gasteiger partial charge in [0.2, 0.25) is 0 Å². The zero-order valence-corrected chi connectivity index (χ0v) is 15.7. The molecule has 0 radical (unpaired) electrons. The number of ether oxygens (including phenoxy) is 1. The van der Waals surface area contributed by atoms with Crippen LogP contribution in [-0.2, 0) is 24.2 Å². The number of benzene rings is 1. The Bertz CT molecular complexity index is 1180. The van der Waals surface area contributed by atoms with Crippen molar-refractivity contribution in [3.05, 3.63) is 65.2 Å². The molecule has 0 fully saturated rings. The number of aromatic amines is 1. The van der Waals surface area contributed by atoms with Gasteiger partial charge in [-0.3, -0.25) is 4.90 Å². The molecule has 5 rings (SSSR count). The average molecular weight is 375 g/mol. The highest BCUT2D eigenvalue weighted by molar-refractivity contribution is 5.95. The van der Waals surface area contributed by atoms with Gasteiger partial charge in [-0.1, -0.05) is 18.2 Å². The zero-order valence-electron chi connectivity index (χ0n) is 15.7. The molecule has 4 aromatic rings. The third-order valence-electron chi connectivity index (χ3n) is 5.27. The average Bonchev–Trinajstić information content (AvgIpc) is 3.29. The summed E-state index contributed by atoms with van der Waals surface area (Å²) in [6.45, 7) is 4.80. The van der Waals surface area contributed by atoms with Crippen LogP contribution >= 0.6 is 0 Å². The number of H-pyrrole nitrogens is 1. The van der Waals surface area contributed by atoms with E-state index in [0.717, 1.165) is 31.6 Å². The van der Waals surface area contributed by atoms with Crippen LogP contribution < -0.4 is 0 Å². The maximum Gasteiger partial charge on any atom is 0.343 e. The van der Waals surface area contributed by atoms with E-state index >= 15 is 0 Å². The van der Waals surface area contributed by atoms with Gasteiger partial charge in [0, 0.05) is 60.6 Å². The van der Waals surface area contributed by atoms with Crippen molar-refractivity contribution in [3.63, 3.8) is 0 Å². The molecule has 1 aliphatic heterocycles. The lowest BCUT2D eigenvalue weighted by molar-refractivity contribution is 0.0528. The molecule has 4 heterocycles. The fourth-order valence-electron chi connectivity index (χ4n) is 3.96. The van der Waals surface area contributed by atoms with Crippen LogP contribution in [0.5, 0.6) is 0 Å². The maximum absolute atomic E-state index is 12.0. The molecule has 1 aromatic carbocycles. The summed E-state index contributed by atoms with van der Waals surface area (Å²) in [5.41, 5.74) is 5.93. The molecular formula is C21H21N5O2. The van der Waals surface area contributed by atoms with Gasteiger partial charge in [0.1, 0.15) is 5.56 Å². The smallest absolute Gasteiger partial charge is 0.343 e. The van der Waals surface area contributed by atoms with Crippen LogP contribution in [0.1, 0.15) is 34.1 Å². The zero-order chi connectivity index (χ0) is 19.1. The standard InChI is InChI=1S/C21H21N5O2/c1-2-28-21(27)16-10-23-26-12-14(9-22-20(16)26)11-25-8-7-19-17(13-25)15-5-3-4-6-18(15)24-19/h3-6,9-10,12,24H,2,7-8,11,13H2,1H3. The lowest BCUT2D eigenvalue weighted by Crippen LogP contribution is -2.30. The number of esters is 1. The van der Waals surface area contributed by atoms with Gasteiger partial charge in [0.05, 0.1) is 12.8 Å². The number of fused-ring (bicyclic) bond motifs is 4. The number of hydrogen-bond donors (Lipinski definition) is 1. The quantitative estimate of drug-likeness (QED) is 0.555. The van der Waals surface area contributed by atoms with Gasteiger partial charge in [0.25, 0.3) is 0 Å². The fraction of sp³-hybridized carbons (Fsp3) is 0.286. The third kappa shape index (κ3) is 2.84. The van der Waals surface area contributed by atoms with Crippen molar-refractivity contribution in [3.8, 4) is 0 Å². The van der Waals surface area contributed by atoms with E-state index in [4.69, 9.17) is 4.74 Å². The Morgan fingerprint density at radius 2 is 2.18 bits per heavy atom. The molecule has 7 heteroatoms. The third-order valence-corrected chi connectivity index (χ3v) is 5.27. The lowest BCUT2D eigenvalue weighted by Gasteiger charge is -2.27. The molecular weight excluding hydrogens is 354 g/mol. The van der Waals surface area contributed by atoms with E-state index in [1.54, 1.807) is 11.4 Å². The molecule has 0 unspecified atom stereocenters. The van der Waals surface area contributed by atoms with Gasteiger partial charge >= 0.3 is 5.97 Å². The van der Waals surface area contributed by atoms with Crippen molar-refractivity contribution in [1.29, 1.82) is 0 Å². The van der Waals surface area contributed by atoms with Crippen LogP contribution in [0.15, 0.2) is 42.9 Å². The van der Waals surface area contributed by atoms with Crippen molar-refractivity contribution in [2.45, 2.75) is 26.4 Å². The summed E-state index contributed by atoms with van der Waals surface area (Å²) < 4.78 is 6.72. The molecule has 0 amide bonds. The normalized spacial score (nSPS) is 14.5. The van der Waals surface area contributed by atoms with E-state index < -0.39 is 0 Å². The summed E-state index contributed by atoms with van der Waals surface area (Å²) in [4.78, 5) is 22.4. The Kier molecular flexibility index (Phi) is 4.09. The number of rotatable bonds is 4. The summed E-state index contributed by atoms with van der Waals surface area (Å²) in [6.07, 6.45) is 6.29. The van der Waals surface area contributed by atoms with E-state index in [2.05, 4.69) is 44.2 Å². The van der Waals surface area contributed by atoms with Crippen LogP contribution in [0.2, 0.25) is 0 Å². The Morgan fingerprint density at radius 3 is 3.07 bits per heavy atom. The molecule has 0 atom stereocenters. The largest absolute Gasteiger partial charge is 0.462 e. The van der Waals surface area contributed by atoms with Crippen molar-refractivity contribution in [2.24, 2.45) is 0 Å². The predicted molar refractivity (Wildman–Crippen MR) is 105 cm³/mol. The molecule has 142 valence electrons. The first-order valence-electron chi connectivity index (χ1n) is 9.53. The minimum Gasteiger partial charge on any atom is -0.462 e. The maximum atomic E-state index is 12.0. The summed E-state index contributed by atoms with van der Waals surface area (Å²) in [5, 5.41) is 5.58. The molecule has 28 heavy (non-hydrogen) atoms. The Labute approximate surface area is 161 Å².